The van der Waals surface area contributed by atoms with Gasteiger partial charge < -0.3 is 10.1 Å². The Bertz CT molecular complexity index is 590. The molecule has 1 rings (SSSR count). The molecule has 0 bridgehead atoms. The number of carbonyl (C=O) groups is 1. The Kier molecular flexibility index (Phi) is 7.03. The number of nitrogens with zero attached hydrogens (tertiary/aromatic N) is 2. The van der Waals surface area contributed by atoms with Crippen molar-refractivity contribution in [1.29, 1.82) is 0 Å². The molecule has 0 aliphatic heterocycles. The van der Waals surface area contributed by atoms with Crippen LogP contribution in [-0.2, 0) is 26.9 Å². The van der Waals surface area contributed by atoms with Crippen LogP contribution in [0.25, 0.3) is 0 Å². The molecular weight excluding hydrogens is 362 g/mol. The van der Waals surface area contributed by atoms with Crippen LogP contribution in [0.4, 0.5) is 5.69 Å². The van der Waals surface area contributed by atoms with Gasteiger partial charge in [0, 0.05) is 28.9 Å². The third kappa shape index (κ3) is 5.24. The van der Waals surface area contributed by atoms with Crippen LogP contribution in [0.3, 0.4) is 0 Å². The van der Waals surface area contributed by atoms with E-state index in [-0.39, 0.29) is 11.8 Å². The van der Waals surface area contributed by atoms with E-state index in [1.807, 2.05) is 6.92 Å². The molecule has 0 aromatic carbocycles. The minimum atomic E-state index is -0.874. The Hall–Kier alpha value is -1.22. The molecule has 0 saturated heterocycles. The lowest BCUT2D eigenvalue weighted by Crippen LogP contribution is -2.28. The first-order valence-electron chi connectivity index (χ1n) is 6.25. The topological polar surface area (TPSA) is 90.3 Å². The number of methoxy groups -OCH3 is 1. The molecule has 1 N–H and O–H groups in total. The van der Waals surface area contributed by atoms with Crippen LogP contribution in [0.2, 0.25) is 0 Å². The largest absolute Gasteiger partial charge is 0.468 e. The Balaban J connectivity index is 2.74. The monoisotopic (exact) mass is 379 g/mol. The molecule has 2 unspecified atom stereocenters. The van der Waals surface area contributed by atoms with Gasteiger partial charge in [-0.25, -0.2) is 4.68 Å². The molecule has 0 aliphatic rings. The van der Waals surface area contributed by atoms with Crippen LogP contribution in [-0.4, -0.2) is 45.1 Å². The summed E-state index contributed by atoms with van der Waals surface area (Å²) >= 11 is 3.19. The van der Waals surface area contributed by atoms with Gasteiger partial charge in [0.05, 0.1) is 19.0 Å². The first kappa shape index (κ1) is 17.8. The normalized spacial score (nSPS) is 13.5. The summed E-state index contributed by atoms with van der Waals surface area (Å²) in [6.07, 6.45) is 3.83. The summed E-state index contributed by atoms with van der Waals surface area (Å²) in [5.74, 6) is -0.545. The highest BCUT2D eigenvalue weighted by atomic mass is 79.9. The highest BCUT2D eigenvalue weighted by Crippen LogP contribution is 2.16. The lowest BCUT2D eigenvalue weighted by molar-refractivity contribution is -0.141. The first-order chi connectivity index (χ1) is 9.86. The third-order valence-electron chi connectivity index (χ3n) is 2.92. The Morgan fingerprint density at radius 2 is 2.29 bits per heavy atom. The van der Waals surface area contributed by atoms with Gasteiger partial charge in [0.2, 0.25) is 0 Å². The molecule has 0 radical (unpaired) electrons. The number of anilines is 1. The summed E-state index contributed by atoms with van der Waals surface area (Å²) in [5.41, 5.74) is 0.118. The van der Waals surface area contributed by atoms with Crippen molar-refractivity contribution >= 4 is 38.4 Å². The van der Waals surface area contributed by atoms with Crippen molar-refractivity contribution in [3.63, 3.8) is 0 Å². The van der Waals surface area contributed by atoms with Crippen molar-refractivity contribution < 1.29 is 13.7 Å². The fourth-order valence-electron chi connectivity index (χ4n) is 1.46. The lowest BCUT2D eigenvalue weighted by atomic mass is 10.3. The number of hydrogen-bond donors (Lipinski definition) is 1. The molecule has 1 aromatic rings. The zero-order chi connectivity index (χ0) is 16.0. The maximum atomic E-state index is 12.0. The van der Waals surface area contributed by atoms with Crippen LogP contribution in [0.15, 0.2) is 15.5 Å². The quantitative estimate of drug-likeness (QED) is 0.702. The van der Waals surface area contributed by atoms with Crippen molar-refractivity contribution in [3.05, 3.63) is 21.0 Å². The fourth-order valence-corrected chi connectivity index (χ4v) is 2.36. The molecule has 2 atom stereocenters. The predicted octanol–water partition coefficient (Wildman–Crippen LogP) is 0.748. The van der Waals surface area contributed by atoms with E-state index in [9.17, 15) is 13.8 Å². The molecule has 1 aromatic heterocycles. The SMILES string of the molecule is COC(=O)Cn1ncc(NCCC(C)S(C)=O)c(Br)c1=O. The van der Waals surface area contributed by atoms with E-state index in [1.54, 1.807) is 6.26 Å². The molecule has 0 aliphatic carbocycles. The number of hydrogen-bond acceptors (Lipinski definition) is 6. The minimum Gasteiger partial charge on any atom is -0.468 e. The number of ether oxygens (including phenoxy) is 1. The molecule has 0 fully saturated rings. The van der Waals surface area contributed by atoms with E-state index < -0.39 is 22.3 Å². The summed E-state index contributed by atoms with van der Waals surface area (Å²) in [5, 5.41) is 7.04. The number of aromatic nitrogens is 2. The van der Waals surface area contributed by atoms with E-state index in [1.165, 1.54) is 13.3 Å². The van der Waals surface area contributed by atoms with Gasteiger partial charge in [-0.1, -0.05) is 6.92 Å². The zero-order valence-corrected chi connectivity index (χ0v) is 14.5. The molecule has 1 heterocycles. The summed E-state index contributed by atoms with van der Waals surface area (Å²) in [6, 6.07) is 0. The average molecular weight is 380 g/mol. The van der Waals surface area contributed by atoms with Gasteiger partial charge in [-0.05, 0) is 22.4 Å². The molecule has 0 amide bonds. The lowest BCUT2D eigenvalue weighted by Gasteiger charge is -2.12. The van der Waals surface area contributed by atoms with Gasteiger partial charge >= 0.3 is 5.97 Å². The molecule has 9 heteroatoms. The van der Waals surface area contributed by atoms with Crippen molar-refractivity contribution in [3.8, 4) is 0 Å². The summed E-state index contributed by atoms with van der Waals surface area (Å²) in [4.78, 5) is 23.2. The summed E-state index contributed by atoms with van der Waals surface area (Å²) < 4.78 is 17.1. The smallest absolute Gasteiger partial charge is 0.327 e. The molecule has 0 saturated carbocycles. The average Bonchev–Trinajstić information content (AvgIpc) is 2.45. The Labute approximate surface area is 133 Å². The van der Waals surface area contributed by atoms with Gasteiger partial charge in [-0.2, -0.15) is 5.10 Å². The summed E-state index contributed by atoms with van der Waals surface area (Å²) in [7, 11) is 0.373. The maximum absolute atomic E-state index is 12.0. The van der Waals surface area contributed by atoms with Crippen LogP contribution in [0, 0.1) is 0 Å². The first-order valence-corrected chi connectivity index (χ1v) is 8.66. The van der Waals surface area contributed by atoms with Gasteiger partial charge in [-0.3, -0.25) is 13.8 Å². The van der Waals surface area contributed by atoms with Crippen LogP contribution in [0.1, 0.15) is 13.3 Å². The minimum absolute atomic E-state index is 0.0731. The number of nitrogens with one attached hydrogen (secondary N) is 1. The molecule has 7 nitrogen and oxygen atoms in total. The van der Waals surface area contributed by atoms with E-state index in [0.717, 1.165) is 4.68 Å². The highest BCUT2D eigenvalue weighted by Gasteiger charge is 2.12. The fraction of sp³-hybridized carbons (Fsp3) is 0.583. The van der Waals surface area contributed by atoms with Crippen LogP contribution >= 0.6 is 15.9 Å². The van der Waals surface area contributed by atoms with Crippen LogP contribution < -0.4 is 10.9 Å². The number of carbonyl (C=O) groups excluding carboxylic acids is 1. The molecular formula is C12H18BrN3O4S. The molecule has 21 heavy (non-hydrogen) atoms. The van der Waals surface area contributed by atoms with Crippen molar-refractivity contribution in [1.82, 2.24) is 9.78 Å². The van der Waals surface area contributed by atoms with Crippen LogP contribution in [0.5, 0.6) is 0 Å². The predicted molar refractivity (Wildman–Crippen MR) is 84.8 cm³/mol. The van der Waals surface area contributed by atoms with Crippen molar-refractivity contribution in [2.24, 2.45) is 0 Å². The van der Waals surface area contributed by atoms with Crippen molar-refractivity contribution in [2.45, 2.75) is 25.1 Å². The Morgan fingerprint density at radius 1 is 1.62 bits per heavy atom. The van der Waals surface area contributed by atoms with Gasteiger partial charge in [-0.15, -0.1) is 0 Å². The second-order valence-electron chi connectivity index (χ2n) is 4.44. The number of halogens is 1. The third-order valence-corrected chi connectivity index (χ3v) is 5.06. The second kappa shape index (κ2) is 8.28. The van der Waals surface area contributed by atoms with Gasteiger partial charge in [0.1, 0.15) is 11.0 Å². The zero-order valence-electron chi connectivity index (χ0n) is 12.1. The van der Waals surface area contributed by atoms with Crippen molar-refractivity contribution in [2.75, 3.05) is 25.2 Å². The Morgan fingerprint density at radius 3 is 2.86 bits per heavy atom. The summed E-state index contributed by atoms with van der Waals surface area (Å²) in [6.45, 7) is 2.24. The van der Waals surface area contributed by atoms with Gasteiger partial charge in [0.25, 0.3) is 5.56 Å². The molecule has 118 valence electrons. The number of rotatable bonds is 7. The maximum Gasteiger partial charge on any atom is 0.327 e. The van der Waals surface area contributed by atoms with E-state index >= 15 is 0 Å². The van der Waals surface area contributed by atoms with Gasteiger partial charge in [0.15, 0.2) is 0 Å². The molecule has 0 spiro atoms. The number of esters is 1. The van der Waals surface area contributed by atoms with E-state index in [2.05, 4.69) is 31.1 Å². The van der Waals surface area contributed by atoms with E-state index in [4.69, 9.17) is 0 Å². The highest BCUT2D eigenvalue weighted by molar-refractivity contribution is 9.10. The van der Waals surface area contributed by atoms with E-state index in [0.29, 0.717) is 23.1 Å². The standard InChI is InChI=1S/C12H18BrN3O4S/c1-8(21(3)19)4-5-14-9-6-15-16(7-10(17)20-2)12(18)11(9)13/h6,8,14H,4-5,7H2,1-3H3. The second-order valence-corrected chi connectivity index (χ2v) is 7.03.